The molecule has 0 aromatic rings. The summed E-state index contributed by atoms with van der Waals surface area (Å²) in [5, 5.41) is 3.36. The summed E-state index contributed by atoms with van der Waals surface area (Å²) < 4.78 is 10.7. The average Bonchev–Trinajstić information content (AvgIpc) is 2.15. The van der Waals surface area contributed by atoms with E-state index in [-0.39, 0.29) is 0 Å². The first-order chi connectivity index (χ1) is 7.45. The molecule has 0 spiro atoms. The molecular weight excluding hydrogens is 202 g/mol. The zero-order chi connectivity index (χ0) is 12.4. The van der Waals surface area contributed by atoms with Crippen LogP contribution in [0.1, 0.15) is 40.5 Å². The minimum atomic E-state index is 0.296. The molecule has 0 heterocycles. The van der Waals surface area contributed by atoms with Gasteiger partial charge in [0.05, 0.1) is 6.10 Å². The van der Waals surface area contributed by atoms with Gasteiger partial charge in [-0.05, 0) is 31.7 Å². The predicted octanol–water partition coefficient (Wildman–Crippen LogP) is 2.45. The van der Waals surface area contributed by atoms with Crippen LogP contribution in [-0.2, 0) is 9.47 Å². The highest BCUT2D eigenvalue weighted by Crippen LogP contribution is 2.18. The molecule has 0 aromatic heterocycles. The predicted molar refractivity (Wildman–Crippen MR) is 68.8 cm³/mol. The van der Waals surface area contributed by atoms with Gasteiger partial charge in [0.2, 0.25) is 0 Å². The summed E-state index contributed by atoms with van der Waals surface area (Å²) in [5.41, 5.74) is 0.367. The molecule has 3 nitrogen and oxygen atoms in total. The zero-order valence-corrected chi connectivity index (χ0v) is 11.6. The molecule has 0 aromatic carbocycles. The lowest BCUT2D eigenvalue weighted by atomic mass is 9.93. The molecule has 3 heteroatoms. The minimum Gasteiger partial charge on any atom is -0.385 e. The van der Waals surface area contributed by atoms with Gasteiger partial charge < -0.3 is 14.8 Å². The Bertz CT molecular complexity index is 155. The van der Waals surface area contributed by atoms with E-state index < -0.39 is 0 Å². The highest BCUT2D eigenvalue weighted by atomic mass is 16.5. The second-order valence-corrected chi connectivity index (χ2v) is 5.54. The maximum atomic E-state index is 5.73. The van der Waals surface area contributed by atoms with Crippen LogP contribution in [0, 0.1) is 5.41 Å². The number of hydrogen-bond donors (Lipinski definition) is 1. The third-order valence-electron chi connectivity index (χ3n) is 2.39. The van der Waals surface area contributed by atoms with E-state index in [2.05, 4.69) is 33.0 Å². The standard InChI is InChI=1S/C13H29NO2/c1-12(11-14-8-6-9-15-5)16-10-7-13(2,3)4/h12,14H,6-11H2,1-5H3. The first kappa shape index (κ1) is 15.9. The molecule has 1 unspecified atom stereocenters. The molecule has 1 atom stereocenters. The number of nitrogens with one attached hydrogen (secondary N) is 1. The molecule has 0 aliphatic rings. The Kier molecular flexibility index (Phi) is 8.90. The van der Waals surface area contributed by atoms with Gasteiger partial charge in [0.1, 0.15) is 0 Å². The average molecular weight is 231 g/mol. The first-order valence-electron chi connectivity index (χ1n) is 6.27. The molecule has 0 saturated carbocycles. The molecular formula is C13H29NO2. The van der Waals surface area contributed by atoms with Gasteiger partial charge in [-0.1, -0.05) is 20.8 Å². The van der Waals surface area contributed by atoms with Crippen molar-refractivity contribution in [2.75, 3.05) is 33.4 Å². The molecule has 0 amide bonds. The number of methoxy groups -OCH3 is 1. The van der Waals surface area contributed by atoms with Crippen molar-refractivity contribution < 1.29 is 9.47 Å². The van der Waals surface area contributed by atoms with E-state index >= 15 is 0 Å². The van der Waals surface area contributed by atoms with Crippen LogP contribution in [0.4, 0.5) is 0 Å². The van der Waals surface area contributed by atoms with Crippen LogP contribution in [0.5, 0.6) is 0 Å². The van der Waals surface area contributed by atoms with E-state index in [0.717, 1.165) is 39.1 Å². The summed E-state index contributed by atoms with van der Waals surface area (Å²) in [6, 6.07) is 0. The van der Waals surface area contributed by atoms with Crippen LogP contribution in [0.25, 0.3) is 0 Å². The second-order valence-electron chi connectivity index (χ2n) is 5.54. The molecule has 0 radical (unpaired) electrons. The monoisotopic (exact) mass is 231 g/mol. The van der Waals surface area contributed by atoms with Crippen molar-refractivity contribution in [2.24, 2.45) is 5.41 Å². The summed E-state index contributed by atoms with van der Waals surface area (Å²) in [4.78, 5) is 0. The molecule has 0 rings (SSSR count). The summed E-state index contributed by atoms with van der Waals surface area (Å²) in [6.07, 6.45) is 2.47. The van der Waals surface area contributed by atoms with Gasteiger partial charge in [0.25, 0.3) is 0 Å². The van der Waals surface area contributed by atoms with E-state index in [1.807, 2.05) is 0 Å². The normalized spacial score (nSPS) is 14.1. The fraction of sp³-hybridized carbons (Fsp3) is 1.00. The lowest BCUT2D eigenvalue weighted by Gasteiger charge is -2.20. The van der Waals surface area contributed by atoms with Gasteiger partial charge in [-0.15, -0.1) is 0 Å². The van der Waals surface area contributed by atoms with Crippen molar-refractivity contribution in [1.29, 1.82) is 0 Å². The van der Waals surface area contributed by atoms with E-state index in [1.165, 1.54) is 0 Å². The summed E-state index contributed by atoms with van der Waals surface area (Å²) in [6.45, 7) is 12.4. The van der Waals surface area contributed by atoms with Crippen LogP contribution < -0.4 is 5.32 Å². The summed E-state index contributed by atoms with van der Waals surface area (Å²) in [7, 11) is 1.73. The van der Waals surface area contributed by atoms with Crippen LogP contribution >= 0.6 is 0 Å². The highest BCUT2D eigenvalue weighted by molar-refractivity contribution is 4.62. The van der Waals surface area contributed by atoms with Gasteiger partial charge in [-0.2, -0.15) is 0 Å². The number of ether oxygens (including phenoxy) is 2. The second kappa shape index (κ2) is 8.97. The van der Waals surface area contributed by atoms with E-state index in [9.17, 15) is 0 Å². The maximum absolute atomic E-state index is 5.73. The minimum absolute atomic E-state index is 0.296. The Balaban J connectivity index is 3.28. The fourth-order valence-electron chi connectivity index (χ4n) is 1.27. The Morgan fingerprint density at radius 2 is 1.88 bits per heavy atom. The molecule has 0 saturated heterocycles. The number of rotatable bonds is 9. The molecule has 0 bridgehead atoms. The van der Waals surface area contributed by atoms with E-state index in [4.69, 9.17) is 9.47 Å². The molecule has 0 aliphatic carbocycles. The van der Waals surface area contributed by atoms with Crippen molar-refractivity contribution in [3.63, 3.8) is 0 Å². The Labute approximate surface area is 101 Å². The van der Waals surface area contributed by atoms with Crippen LogP contribution in [0.2, 0.25) is 0 Å². The van der Waals surface area contributed by atoms with Crippen molar-refractivity contribution in [2.45, 2.75) is 46.6 Å². The van der Waals surface area contributed by atoms with Gasteiger partial charge in [-0.25, -0.2) is 0 Å². The molecule has 1 N–H and O–H groups in total. The van der Waals surface area contributed by atoms with Gasteiger partial charge >= 0.3 is 0 Å². The zero-order valence-electron chi connectivity index (χ0n) is 11.6. The third-order valence-corrected chi connectivity index (χ3v) is 2.39. The summed E-state index contributed by atoms with van der Waals surface area (Å²) >= 11 is 0. The van der Waals surface area contributed by atoms with Crippen LogP contribution in [-0.4, -0.2) is 39.5 Å². The van der Waals surface area contributed by atoms with Crippen molar-refractivity contribution in [3.8, 4) is 0 Å². The largest absolute Gasteiger partial charge is 0.385 e. The lowest BCUT2D eigenvalue weighted by Crippen LogP contribution is -2.29. The van der Waals surface area contributed by atoms with Gasteiger partial charge in [0, 0.05) is 26.9 Å². The highest BCUT2D eigenvalue weighted by Gasteiger charge is 2.10. The van der Waals surface area contributed by atoms with E-state index in [1.54, 1.807) is 7.11 Å². The quantitative estimate of drug-likeness (QED) is 0.618. The fourth-order valence-corrected chi connectivity index (χ4v) is 1.27. The Morgan fingerprint density at radius 3 is 2.44 bits per heavy atom. The smallest absolute Gasteiger partial charge is 0.0671 e. The van der Waals surface area contributed by atoms with Crippen molar-refractivity contribution in [3.05, 3.63) is 0 Å². The number of hydrogen-bond acceptors (Lipinski definition) is 3. The first-order valence-corrected chi connectivity index (χ1v) is 6.27. The van der Waals surface area contributed by atoms with Gasteiger partial charge in [-0.3, -0.25) is 0 Å². The maximum Gasteiger partial charge on any atom is 0.0671 e. The molecule has 0 aliphatic heterocycles. The molecule has 98 valence electrons. The molecule has 0 fully saturated rings. The summed E-state index contributed by atoms with van der Waals surface area (Å²) in [5.74, 6) is 0. The topological polar surface area (TPSA) is 30.5 Å². The molecule has 16 heavy (non-hydrogen) atoms. The Morgan fingerprint density at radius 1 is 1.19 bits per heavy atom. The SMILES string of the molecule is COCCCNCC(C)OCCC(C)(C)C. The van der Waals surface area contributed by atoms with Crippen molar-refractivity contribution >= 4 is 0 Å². The van der Waals surface area contributed by atoms with Gasteiger partial charge in [0.15, 0.2) is 0 Å². The Hall–Kier alpha value is -0.120. The van der Waals surface area contributed by atoms with E-state index in [0.29, 0.717) is 11.5 Å². The van der Waals surface area contributed by atoms with Crippen molar-refractivity contribution in [1.82, 2.24) is 5.32 Å². The van der Waals surface area contributed by atoms with Crippen LogP contribution in [0.15, 0.2) is 0 Å². The van der Waals surface area contributed by atoms with Crippen LogP contribution in [0.3, 0.4) is 0 Å². The lowest BCUT2D eigenvalue weighted by molar-refractivity contribution is 0.0490. The third kappa shape index (κ3) is 12.0.